The number of nitrogens with one attached hydrogen (secondary N) is 1. The molecular formula is C24H26N4O6. The minimum absolute atomic E-state index is 0.0584. The molecule has 2 fully saturated rings. The fraction of sp³-hybridized carbons (Fsp3) is 0.333. The van der Waals surface area contributed by atoms with Gasteiger partial charge in [-0.25, -0.2) is 4.79 Å². The molecule has 1 aromatic carbocycles. The quantitative estimate of drug-likeness (QED) is 0.651. The van der Waals surface area contributed by atoms with E-state index < -0.39 is 12.3 Å². The number of methoxy groups -OCH3 is 1. The van der Waals surface area contributed by atoms with Crippen LogP contribution in [0.1, 0.15) is 12.0 Å². The number of carbonyl (C=O) groups excluding carboxylic acids is 3. The normalized spacial score (nSPS) is 20.6. The van der Waals surface area contributed by atoms with Crippen LogP contribution in [0.2, 0.25) is 0 Å². The monoisotopic (exact) mass is 466 g/mol. The summed E-state index contributed by atoms with van der Waals surface area (Å²) in [7, 11) is 1.56. The number of likely N-dealkylation sites (tertiary alicyclic amines) is 1. The van der Waals surface area contributed by atoms with Gasteiger partial charge in [-0.15, -0.1) is 0 Å². The minimum atomic E-state index is -0.763. The lowest BCUT2D eigenvalue weighted by molar-refractivity contribution is -0.132. The highest BCUT2D eigenvalue weighted by Crippen LogP contribution is 2.23. The second-order valence-electron chi connectivity index (χ2n) is 7.83. The molecule has 3 amide bonds. The average molecular weight is 466 g/mol. The molecule has 34 heavy (non-hydrogen) atoms. The van der Waals surface area contributed by atoms with Crippen molar-refractivity contribution in [3.63, 3.8) is 0 Å². The Morgan fingerprint density at radius 3 is 2.76 bits per heavy atom. The lowest BCUT2D eigenvalue weighted by Crippen LogP contribution is -2.41. The number of amides is 3. The van der Waals surface area contributed by atoms with Crippen LogP contribution in [-0.2, 0) is 23.8 Å². The highest BCUT2D eigenvalue weighted by Gasteiger charge is 2.37. The Kier molecular flexibility index (Phi) is 7.51. The summed E-state index contributed by atoms with van der Waals surface area (Å²) < 4.78 is 16.1. The first-order valence-electron chi connectivity index (χ1n) is 10.9. The lowest BCUT2D eigenvalue weighted by Gasteiger charge is -2.27. The van der Waals surface area contributed by atoms with Crippen molar-refractivity contribution in [3.05, 3.63) is 60.4 Å². The van der Waals surface area contributed by atoms with Crippen LogP contribution in [0.25, 0.3) is 6.08 Å². The van der Waals surface area contributed by atoms with Gasteiger partial charge < -0.3 is 24.0 Å². The number of carbonyl (C=O) groups is 3. The smallest absolute Gasteiger partial charge is 0.413 e. The van der Waals surface area contributed by atoms with E-state index in [1.54, 1.807) is 60.8 Å². The molecule has 10 heteroatoms. The number of morpholine rings is 1. The van der Waals surface area contributed by atoms with Crippen LogP contribution >= 0.6 is 0 Å². The van der Waals surface area contributed by atoms with Gasteiger partial charge in [0.25, 0.3) is 5.91 Å². The summed E-state index contributed by atoms with van der Waals surface area (Å²) in [6, 6.07) is 10.5. The zero-order chi connectivity index (χ0) is 23.9. The number of anilines is 2. The Hall–Kier alpha value is -3.76. The van der Waals surface area contributed by atoms with Crippen LogP contribution in [0.15, 0.2) is 54.9 Å². The standard InChI is InChI=1S/C24H26N4O6/c1-32-20-13-23(28(15-20)21(29)9-4-17-3-2-10-25-14-17)34-24(31)26-18-5-7-19(8-6-18)27-11-12-33-16-22(27)30/h2-10,14,20,23H,11-13,15-16H2,1H3,(H,26,31)/t20-,23-/m1/s1. The predicted molar refractivity (Wildman–Crippen MR) is 124 cm³/mol. The molecule has 0 unspecified atom stereocenters. The van der Waals surface area contributed by atoms with Crippen molar-refractivity contribution in [1.82, 2.24) is 9.88 Å². The van der Waals surface area contributed by atoms with Crippen LogP contribution < -0.4 is 10.2 Å². The zero-order valence-corrected chi connectivity index (χ0v) is 18.8. The van der Waals surface area contributed by atoms with Gasteiger partial charge in [-0.05, 0) is 42.0 Å². The first-order chi connectivity index (χ1) is 16.5. The number of benzene rings is 1. The van der Waals surface area contributed by atoms with Gasteiger partial charge >= 0.3 is 6.09 Å². The third kappa shape index (κ3) is 5.77. The van der Waals surface area contributed by atoms with E-state index in [1.807, 2.05) is 6.07 Å². The molecule has 2 aliphatic heterocycles. The maximum absolute atomic E-state index is 12.8. The Balaban J connectivity index is 1.36. The molecule has 3 heterocycles. The molecule has 0 bridgehead atoms. The summed E-state index contributed by atoms with van der Waals surface area (Å²) >= 11 is 0. The van der Waals surface area contributed by atoms with E-state index in [4.69, 9.17) is 14.2 Å². The van der Waals surface area contributed by atoms with Crippen LogP contribution in [0.4, 0.5) is 16.2 Å². The van der Waals surface area contributed by atoms with Crippen molar-refractivity contribution in [2.75, 3.05) is 43.6 Å². The minimum Gasteiger partial charge on any atom is -0.425 e. The van der Waals surface area contributed by atoms with E-state index in [-0.39, 0.29) is 24.5 Å². The fourth-order valence-corrected chi connectivity index (χ4v) is 3.80. The fourth-order valence-electron chi connectivity index (χ4n) is 3.80. The Bertz CT molecular complexity index is 1040. The van der Waals surface area contributed by atoms with Gasteiger partial charge in [-0.2, -0.15) is 0 Å². The van der Waals surface area contributed by atoms with Crippen molar-refractivity contribution in [3.8, 4) is 0 Å². The van der Waals surface area contributed by atoms with Crippen LogP contribution in [0, 0.1) is 0 Å². The summed E-state index contributed by atoms with van der Waals surface area (Å²) in [5.74, 6) is -0.400. The van der Waals surface area contributed by atoms with Crippen molar-refractivity contribution in [2.24, 2.45) is 0 Å². The molecule has 0 spiro atoms. The number of hydrogen-bond donors (Lipinski definition) is 1. The van der Waals surface area contributed by atoms with Crippen molar-refractivity contribution < 1.29 is 28.6 Å². The van der Waals surface area contributed by atoms with Crippen LogP contribution in [0.5, 0.6) is 0 Å². The molecule has 2 aromatic rings. The molecule has 178 valence electrons. The summed E-state index contributed by atoms with van der Waals surface area (Å²) in [5.41, 5.74) is 2.02. The number of nitrogens with zero attached hydrogens (tertiary/aromatic N) is 3. The first kappa shape index (κ1) is 23.4. The van der Waals surface area contributed by atoms with Crippen molar-refractivity contribution in [1.29, 1.82) is 0 Å². The summed E-state index contributed by atoms with van der Waals surface area (Å²) in [5, 5.41) is 2.67. The number of pyridine rings is 1. The molecule has 4 rings (SSSR count). The van der Waals surface area contributed by atoms with E-state index in [9.17, 15) is 14.4 Å². The third-order valence-corrected chi connectivity index (χ3v) is 5.59. The van der Waals surface area contributed by atoms with Gasteiger partial charge in [0.1, 0.15) is 6.61 Å². The Morgan fingerprint density at radius 1 is 1.24 bits per heavy atom. The molecule has 2 aliphatic rings. The molecule has 10 nitrogen and oxygen atoms in total. The number of rotatable bonds is 6. The summed E-state index contributed by atoms with van der Waals surface area (Å²) in [4.78, 5) is 44.4. The van der Waals surface area contributed by atoms with Gasteiger partial charge in [-0.3, -0.25) is 19.9 Å². The number of ether oxygens (including phenoxy) is 3. The van der Waals surface area contributed by atoms with Gasteiger partial charge in [0.05, 0.1) is 19.3 Å². The van der Waals surface area contributed by atoms with Gasteiger partial charge in [0.15, 0.2) is 6.23 Å². The predicted octanol–water partition coefficient (Wildman–Crippen LogP) is 2.28. The van der Waals surface area contributed by atoms with Crippen LogP contribution in [0.3, 0.4) is 0 Å². The molecule has 2 saturated heterocycles. The Morgan fingerprint density at radius 2 is 2.06 bits per heavy atom. The van der Waals surface area contributed by atoms with E-state index >= 15 is 0 Å². The summed E-state index contributed by atoms with van der Waals surface area (Å²) in [6.45, 7) is 1.33. The van der Waals surface area contributed by atoms with E-state index in [0.29, 0.717) is 31.8 Å². The zero-order valence-electron chi connectivity index (χ0n) is 18.8. The topological polar surface area (TPSA) is 110 Å². The second-order valence-corrected chi connectivity index (χ2v) is 7.83. The molecule has 1 aromatic heterocycles. The van der Waals surface area contributed by atoms with Gasteiger partial charge in [-0.1, -0.05) is 6.07 Å². The van der Waals surface area contributed by atoms with E-state index in [0.717, 1.165) is 11.3 Å². The SMILES string of the molecule is CO[C@@H]1C[C@@H](OC(=O)Nc2ccc(N3CCOCC3=O)cc2)N(C(=O)C=Cc2cccnc2)C1. The molecule has 1 N–H and O–H groups in total. The highest BCUT2D eigenvalue weighted by atomic mass is 16.6. The van der Waals surface area contributed by atoms with Crippen molar-refractivity contribution >= 4 is 35.4 Å². The highest BCUT2D eigenvalue weighted by molar-refractivity contribution is 5.95. The molecule has 0 saturated carbocycles. The molecule has 2 atom stereocenters. The molecule has 0 radical (unpaired) electrons. The van der Waals surface area contributed by atoms with Crippen LogP contribution in [-0.4, -0.2) is 73.5 Å². The average Bonchev–Trinajstić information content (AvgIpc) is 3.27. The number of hydrogen-bond acceptors (Lipinski definition) is 7. The summed E-state index contributed by atoms with van der Waals surface area (Å²) in [6.07, 6.45) is 5.07. The molecule has 0 aliphatic carbocycles. The Labute approximate surface area is 197 Å². The van der Waals surface area contributed by atoms with Crippen molar-refractivity contribution in [2.45, 2.75) is 18.8 Å². The largest absolute Gasteiger partial charge is 0.425 e. The number of aromatic nitrogens is 1. The van der Waals surface area contributed by atoms with Gasteiger partial charge in [0, 0.05) is 49.9 Å². The van der Waals surface area contributed by atoms with E-state index in [2.05, 4.69) is 10.3 Å². The van der Waals surface area contributed by atoms with Gasteiger partial charge in [0.2, 0.25) is 5.91 Å². The third-order valence-electron chi connectivity index (χ3n) is 5.59. The lowest BCUT2D eigenvalue weighted by atomic mass is 10.2. The molecular weight excluding hydrogens is 440 g/mol. The first-order valence-corrected chi connectivity index (χ1v) is 10.9. The maximum atomic E-state index is 12.8. The second kappa shape index (κ2) is 10.9. The maximum Gasteiger partial charge on any atom is 0.413 e. The van der Waals surface area contributed by atoms with E-state index in [1.165, 1.54) is 11.0 Å².